The second-order valence-corrected chi connectivity index (χ2v) is 8.66. The SMILES string of the molecule is CC(C)(C)OC(=O)N1C[C@H]2C[C@H]2[C@H]1CNC(=O)c1cn2ccsc2n1. The molecule has 3 atom stereocenters. The van der Waals surface area contributed by atoms with Crippen molar-refractivity contribution in [3.8, 4) is 0 Å². The van der Waals surface area contributed by atoms with E-state index in [1.54, 1.807) is 11.1 Å². The van der Waals surface area contributed by atoms with Crippen LogP contribution in [0.5, 0.6) is 0 Å². The van der Waals surface area contributed by atoms with Gasteiger partial charge in [-0.2, -0.15) is 0 Å². The molecule has 8 heteroatoms. The van der Waals surface area contributed by atoms with Crippen LogP contribution in [0.2, 0.25) is 0 Å². The van der Waals surface area contributed by atoms with E-state index in [9.17, 15) is 9.59 Å². The van der Waals surface area contributed by atoms with Gasteiger partial charge < -0.3 is 15.0 Å². The van der Waals surface area contributed by atoms with E-state index in [4.69, 9.17) is 4.74 Å². The molecule has 1 aliphatic carbocycles. The number of hydrogen-bond donors (Lipinski definition) is 1. The molecule has 1 saturated carbocycles. The number of thiazole rings is 1. The molecule has 0 bridgehead atoms. The Hall–Kier alpha value is -2.09. The van der Waals surface area contributed by atoms with Crippen molar-refractivity contribution in [2.24, 2.45) is 11.8 Å². The van der Waals surface area contributed by atoms with Crippen LogP contribution in [-0.2, 0) is 4.74 Å². The van der Waals surface area contributed by atoms with Gasteiger partial charge in [-0.05, 0) is 39.0 Å². The van der Waals surface area contributed by atoms with E-state index < -0.39 is 5.60 Å². The van der Waals surface area contributed by atoms with Crippen molar-refractivity contribution in [3.63, 3.8) is 0 Å². The summed E-state index contributed by atoms with van der Waals surface area (Å²) in [7, 11) is 0. The summed E-state index contributed by atoms with van der Waals surface area (Å²) < 4.78 is 7.33. The molecule has 0 spiro atoms. The minimum atomic E-state index is -0.514. The molecule has 25 heavy (non-hydrogen) atoms. The quantitative estimate of drug-likeness (QED) is 0.910. The van der Waals surface area contributed by atoms with Gasteiger partial charge in [0.25, 0.3) is 5.91 Å². The first-order chi connectivity index (χ1) is 11.8. The van der Waals surface area contributed by atoms with Crippen LogP contribution in [0.4, 0.5) is 4.79 Å². The van der Waals surface area contributed by atoms with Crippen LogP contribution in [-0.4, -0.2) is 51.0 Å². The summed E-state index contributed by atoms with van der Waals surface area (Å²) in [5, 5.41) is 4.86. The second-order valence-electron chi connectivity index (χ2n) is 7.79. The van der Waals surface area contributed by atoms with Gasteiger partial charge >= 0.3 is 6.09 Å². The molecule has 2 aromatic heterocycles. The molecule has 4 rings (SSSR count). The fraction of sp³-hybridized carbons (Fsp3) is 0.588. The Morgan fingerprint density at radius 1 is 1.44 bits per heavy atom. The first-order valence-electron chi connectivity index (χ1n) is 8.52. The summed E-state index contributed by atoms with van der Waals surface area (Å²) >= 11 is 1.49. The number of likely N-dealkylation sites (tertiary alicyclic amines) is 1. The Kier molecular flexibility index (Phi) is 3.75. The van der Waals surface area contributed by atoms with Crippen LogP contribution >= 0.6 is 11.3 Å². The predicted octanol–water partition coefficient (Wildman–Crippen LogP) is 2.38. The van der Waals surface area contributed by atoms with Crippen molar-refractivity contribution in [1.82, 2.24) is 19.6 Å². The lowest BCUT2D eigenvalue weighted by atomic mass is 10.2. The maximum Gasteiger partial charge on any atom is 0.410 e. The highest BCUT2D eigenvalue weighted by molar-refractivity contribution is 7.15. The third-order valence-electron chi connectivity index (χ3n) is 4.73. The Morgan fingerprint density at radius 3 is 2.96 bits per heavy atom. The zero-order chi connectivity index (χ0) is 17.8. The zero-order valence-corrected chi connectivity index (χ0v) is 15.4. The largest absolute Gasteiger partial charge is 0.444 e. The number of fused-ring (bicyclic) bond motifs is 2. The molecule has 2 amide bonds. The van der Waals surface area contributed by atoms with Crippen molar-refractivity contribution in [3.05, 3.63) is 23.5 Å². The Labute approximate surface area is 150 Å². The molecule has 0 radical (unpaired) electrons. The number of nitrogens with one attached hydrogen (secondary N) is 1. The van der Waals surface area contributed by atoms with Crippen molar-refractivity contribution in [2.75, 3.05) is 13.1 Å². The van der Waals surface area contributed by atoms with Gasteiger partial charge in [-0.1, -0.05) is 0 Å². The molecule has 0 unspecified atom stereocenters. The molecule has 134 valence electrons. The number of carbonyl (C=O) groups excluding carboxylic acids is 2. The number of piperidine rings is 1. The molecule has 2 fully saturated rings. The van der Waals surface area contributed by atoms with Crippen LogP contribution in [0.25, 0.3) is 4.96 Å². The summed E-state index contributed by atoms with van der Waals surface area (Å²) in [4.78, 5) is 31.7. The molecule has 2 aromatic rings. The fourth-order valence-corrected chi connectivity index (χ4v) is 4.19. The van der Waals surface area contributed by atoms with Crippen LogP contribution in [0.15, 0.2) is 17.8 Å². The van der Waals surface area contributed by atoms with E-state index in [0.717, 1.165) is 17.9 Å². The number of imidazole rings is 1. The van der Waals surface area contributed by atoms with Gasteiger partial charge in [0.05, 0.1) is 6.04 Å². The van der Waals surface area contributed by atoms with Crippen molar-refractivity contribution < 1.29 is 14.3 Å². The maximum atomic E-state index is 12.4. The fourth-order valence-electron chi connectivity index (χ4n) is 3.49. The van der Waals surface area contributed by atoms with Gasteiger partial charge in [0.2, 0.25) is 0 Å². The van der Waals surface area contributed by atoms with Gasteiger partial charge in [-0.15, -0.1) is 11.3 Å². The number of ether oxygens (including phenoxy) is 1. The predicted molar refractivity (Wildman–Crippen MR) is 93.7 cm³/mol. The van der Waals surface area contributed by atoms with E-state index in [2.05, 4.69) is 10.3 Å². The number of hydrogen-bond acceptors (Lipinski definition) is 5. The van der Waals surface area contributed by atoms with Crippen LogP contribution in [0.1, 0.15) is 37.7 Å². The molecule has 1 N–H and O–H groups in total. The molecule has 0 aromatic carbocycles. The van der Waals surface area contributed by atoms with E-state index >= 15 is 0 Å². The van der Waals surface area contributed by atoms with Gasteiger partial charge in [-0.25, -0.2) is 9.78 Å². The lowest BCUT2D eigenvalue weighted by molar-refractivity contribution is 0.0192. The maximum absolute atomic E-state index is 12.4. The smallest absolute Gasteiger partial charge is 0.410 e. The number of nitrogens with zero attached hydrogens (tertiary/aromatic N) is 3. The lowest BCUT2D eigenvalue weighted by Crippen LogP contribution is -2.47. The first kappa shape index (κ1) is 16.4. The molecule has 3 heterocycles. The number of rotatable bonds is 3. The third kappa shape index (κ3) is 3.22. The van der Waals surface area contributed by atoms with Crippen LogP contribution < -0.4 is 5.32 Å². The van der Waals surface area contributed by atoms with Crippen molar-refractivity contribution in [2.45, 2.75) is 38.8 Å². The van der Waals surface area contributed by atoms with Crippen molar-refractivity contribution in [1.29, 1.82) is 0 Å². The van der Waals surface area contributed by atoms with Gasteiger partial charge in [0.15, 0.2) is 4.96 Å². The Morgan fingerprint density at radius 2 is 2.24 bits per heavy atom. The molecule has 1 saturated heterocycles. The average Bonchev–Trinajstić information content (AvgIpc) is 2.85. The molecular weight excluding hydrogens is 340 g/mol. The summed E-state index contributed by atoms with van der Waals surface area (Å²) in [6, 6.07) is 0.00697. The standard InChI is InChI=1S/C17H22N4O3S/c1-17(2,3)24-16(23)21-8-10-6-11(10)13(21)7-18-14(22)12-9-20-4-5-25-15(20)19-12/h4-5,9-11,13H,6-8H2,1-3H3,(H,18,22)/t10-,11-,13-/m1/s1. The highest BCUT2D eigenvalue weighted by Gasteiger charge is 2.54. The summed E-state index contributed by atoms with van der Waals surface area (Å²) in [5.41, 5.74) is -0.110. The average molecular weight is 362 g/mol. The normalized spacial score (nSPS) is 25.1. The third-order valence-corrected chi connectivity index (χ3v) is 5.50. The van der Waals surface area contributed by atoms with Crippen molar-refractivity contribution >= 4 is 28.3 Å². The number of amides is 2. The topological polar surface area (TPSA) is 75.9 Å². The van der Waals surface area contributed by atoms with E-state index in [-0.39, 0.29) is 18.0 Å². The molecule has 1 aliphatic heterocycles. The van der Waals surface area contributed by atoms with Gasteiger partial charge in [0, 0.05) is 30.9 Å². The second kappa shape index (κ2) is 5.72. The molecule has 7 nitrogen and oxygen atoms in total. The zero-order valence-electron chi connectivity index (χ0n) is 14.6. The minimum Gasteiger partial charge on any atom is -0.444 e. The van der Waals surface area contributed by atoms with E-state index in [1.165, 1.54) is 11.3 Å². The Balaban J connectivity index is 1.39. The van der Waals surface area contributed by atoms with E-state index in [1.807, 2.05) is 36.7 Å². The minimum absolute atomic E-state index is 0.00697. The van der Waals surface area contributed by atoms with Gasteiger partial charge in [0.1, 0.15) is 11.3 Å². The molecule has 2 aliphatic rings. The molecular formula is C17H22N4O3S. The summed E-state index contributed by atoms with van der Waals surface area (Å²) in [6.45, 7) is 6.75. The number of carbonyl (C=O) groups is 2. The lowest BCUT2D eigenvalue weighted by Gasteiger charge is -2.30. The van der Waals surface area contributed by atoms with Gasteiger partial charge in [-0.3, -0.25) is 9.20 Å². The monoisotopic (exact) mass is 362 g/mol. The summed E-state index contributed by atoms with van der Waals surface area (Å²) in [5.74, 6) is 0.815. The Bertz CT molecular complexity index is 793. The van der Waals surface area contributed by atoms with Crippen LogP contribution in [0, 0.1) is 11.8 Å². The summed E-state index contributed by atoms with van der Waals surface area (Å²) in [6.07, 6.45) is 4.43. The highest BCUT2D eigenvalue weighted by Crippen LogP contribution is 2.49. The first-order valence-corrected chi connectivity index (χ1v) is 9.40. The van der Waals surface area contributed by atoms with Crippen LogP contribution in [0.3, 0.4) is 0 Å². The van der Waals surface area contributed by atoms with E-state index in [0.29, 0.717) is 24.1 Å². The highest BCUT2D eigenvalue weighted by atomic mass is 32.1. The number of aromatic nitrogens is 2.